The van der Waals surface area contributed by atoms with Gasteiger partial charge < -0.3 is 4.90 Å². The van der Waals surface area contributed by atoms with Gasteiger partial charge in [0.15, 0.2) is 0 Å². The van der Waals surface area contributed by atoms with Crippen LogP contribution in [0.2, 0.25) is 5.15 Å². The predicted molar refractivity (Wildman–Crippen MR) is 95.7 cm³/mol. The fourth-order valence-corrected chi connectivity index (χ4v) is 2.72. The van der Waals surface area contributed by atoms with Crippen molar-refractivity contribution in [2.75, 3.05) is 0 Å². The first-order valence-electron chi connectivity index (χ1n) is 7.71. The summed E-state index contributed by atoms with van der Waals surface area (Å²) in [7, 11) is 0. The van der Waals surface area contributed by atoms with Crippen molar-refractivity contribution in [3.63, 3.8) is 0 Å². The highest BCUT2D eigenvalue weighted by molar-refractivity contribution is 6.32. The van der Waals surface area contributed by atoms with Gasteiger partial charge in [0, 0.05) is 19.3 Å². The molecule has 0 spiro atoms. The molecule has 0 saturated carbocycles. The number of nitrogens with zero attached hydrogens (tertiary/aromatic N) is 2. The number of hydrogen-bond donors (Lipinski definition) is 0. The lowest BCUT2D eigenvalue weighted by atomic mass is 10.1. The normalized spacial score (nSPS) is 10.4. The summed E-state index contributed by atoms with van der Waals surface area (Å²) in [4.78, 5) is 18.8. The van der Waals surface area contributed by atoms with E-state index in [1.165, 1.54) is 0 Å². The Morgan fingerprint density at radius 3 is 1.88 bits per heavy atom. The van der Waals surface area contributed by atoms with Crippen LogP contribution in [0.4, 0.5) is 0 Å². The van der Waals surface area contributed by atoms with Crippen molar-refractivity contribution in [2.45, 2.75) is 13.1 Å². The number of hydrogen-bond acceptors (Lipinski definition) is 2. The third kappa shape index (κ3) is 4.00. The Bertz CT molecular complexity index is 765. The summed E-state index contributed by atoms with van der Waals surface area (Å²) >= 11 is 6.11. The summed E-state index contributed by atoms with van der Waals surface area (Å²) in [6.07, 6.45) is 1.58. The minimum absolute atomic E-state index is 0.124. The molecule has 0 fully saturated rings. The number of amides is 1. The standard InChI is InChI=1S/C20H17ClN2O/c21-19-18(12-7-13-22-19)20(24)23(14-16-8-3-1-4-9-16)15-17-10-5-2-6-11-17/h1-13H,14-15H2. The van der Waals surface area contributed by atoms with Gasteiger partial charge >= 0.3 is 0 Å². The first kappa shape index (κ1) is 16.2. The summed E-state index contributed by atoms with van der Waals surface area (Å²) < 4.78 is 0. The number of aromatic nitrogens is 1. The highest BCUT2D eigenvalue weighted by atomic mass is 35.5. The molecule has 4 heteroatoms. The van der Waals surface area contributed by atoms with Gasteiger partial charge in [-0.05, 0) is 23.3 Å². The van der Waals surface area contributed by atoms with Crippen LogP contribution in [-0.4, -0.2) is 15.8 Å². The highest BCUT2D eigenvalue weighted by Crippen LogP contribution is 2.18. The van der Waals surface area contributed by atoms with Crippen LogP contribution >= 0.6 is 11.6 Å². The van der Waals surface area contributed by atoms with E-state index >= 15 is 0 Å². The molecular weight excluding hydrogens is 320 g/mol. The molecule has 3 nitrogen and oxygen atoms in total. The Labute approximate surface area is 146 Å². The molecule has 0 aliphatic rings. The molecule has 0 bridgehead atoms. The molecule has 1 amide bonds. The van der Waals surface area contributed by atoms with Crippen LogP contribution in [0.3, 0.4) is 0 Å². The van der Waals surface area contributed by atoms with Crippen LogP contribution in [0, 0.1) is 0 Å². The number of carbonyl (C=O) groups excluding carboxylic acids is 1. The van der Waals surface area contributed by atoms with Gasteiger partial charge in [-0.1, -0.05) is 72.3 Å². The molecule has 0 unspecified atom stereocenters. The summed E-state index contributed by atoms with van der Waals surface area (Å²) in [6, 6.07) is 23.3. The molecule has 0 aliphatic heterocycles. The lowest BCUT2D eigenvalue weighted by Gasteiger charge is -2.23. The van der Waals surface area contributed by atoms with Crippen molar-refractivity contribution in [3.05, 3.63) is 101 Å². The fraction of sp³-hybridized carbons (Fsp3) is 0.100. The summed E-state index contributed by atoms with van der Waals surface area (Å²) in [5.74, 6) is -0.124. The topological polar surface area (TPSA) is 33.2 Å². The van der Waals surface area contributed by atoms with E-state index < -0.39 is 0 Å². The number of pyridine rings is 1. The maximum atomic E-state index is 13.0. The average molecular weight is 337 g/mol. The van der Waals surface area contributed by atoms with Crippen LogP contribution in [0.1, 0.15) is 21.5 Å². The van der Waals surface area contributed by atoms with Crippen LogP contribution in [0.5, 0.6) is 0 Å². The molecule has 0 saturated heterocycles. The Morgan fingerprint density at radius 2 is 1.38 bits per heavy atom. The summed E-state index contributed by atoms with van der Waals surface area (Å²) in [5, 5.41) is 0.230. The lowest BCUT2D eigenvalue weighted by molar-refractivity contribution is 0.0730. The van der Waals surface area contributed by atoms with Gasteiger partial charge in [0.2, 0.25) is 0 Å². The molecule has 3 aromatic rings. The number of carbonyl (C=O) groups is 1. The van der Waals surface area contributed by atoms with Crippen molar-refractivity contribution >= 4 is 17.5 Å². The van der Waals surface area contributed by atoms with Gasteiger partial charge in [-0.25, -0.2) is 4.98 Å². The van der Waals surface area contributed by atoms with Gasteiger partial charge in [0.1, 0.15) is 5.15 Å². The summed E-state index contributed by atoms with van der Waals surface area (Å²) in [6.45, 7) is 1.03. The second-order valence-electron chi connectivity index (χ2n) is 5.47. The minimum atomic E-state index is -0.124. The maximum Gasteiger partial charge on any atom is 0.257 e. The van der Waals surface area contributed by atoms with Crippen molar-refractivity contribution in [3.8, 4) is 0 Å². The van der Waals surface area contributed by atoms with E-state index in [9.17, 15) is 4.79 Å². The van der Waals surface area contributed by atoms with E-state index in [4.69, 9.17) is 11.6 Å². The first-order chi connectivity index (χ1) is 11.7. The molecule has 0 atom stereocenters. The van der Waals surface area contributed by atoms with Crippen molar-refractivity contribution in [2.24, 2.45) is 0 Å². The SMILES string of the molecule is O=C(c1cccnc1Cl)N(Cc1ccccc1)Cc1ccccc1. The molecule has 120 valence electrons. The van der Waals surface area contributed by atoms with Crippen LogP contribution < -0.4 is 0 Å². The van der Waals surface area contributed by atoms with Crippen LogP contribution in [0.25, 0.3) is 0 Å². The van der Waals surface area contributed by atoms with Crippen LogP contribution in [0.15, 0.2) is 79.0 Å². The Balaban J connectivity index is 1.89. The number of rotatable bonds is 5. The number of halogens is 1. The van der Waals surface area contributed by atoms with E-state index in [1.807, 2.05) is 60.7 Å². The monoisotopic (exact) mass is 336 g/mol. The van der Waals surface area contributed by atoms with Gasteiger partial charge in [-0.3, -0.25) is 4.79 Å². The molecule has 1 aromatic heterocycles. The van der Waals surface area contributed by atoms with Gasteiger partial charge in [0.25, 0.3) is 5.91 Å². The molecule has 0 radical (unpaired) electrons. The zero-order valence-electron chi connectivity index (χ0n) is 13.1. The van der Waals surface area contributed by atoms with Gasteiger partial charge in [-0.2, -0.15) is 0 Å². The van der Waals surface area contributed by atoms with Crippen molar-refractivity contribution < 1.29 is 4.79 Å². The molecule has 3 rings (SSSR count). The lowest BCUT2D eigenvalue weighted by Crippen LogP contribution is -2.30. The molecular formula is C20H17ClN2O. The zero-order valence-corrected chi connectivity index (χ0v) is 13.9. The second-order valence-corrected chi connectivity index (χ2v) is 5.83. The Hall–Kier alpha value is -2.65. The zero-order chi connectivity index (χ0) is 16.8. The van der Waals surface area contributed by atoms with E-state index in [-0.39, 0.29) is 11.1 Å². The smallest absolute Gasteiger partial charge is 0.257 e. The molecule has 2 aromatic carbocycles. The van der Waals surface area contributed by atoms with Gasteiger partial charge in [0.05, 0.1) is 5.56 Å². The molecule has 24 heavy (non-hydrogen) atoms. The fourth-order valence-electron chi connectivity index (χ4n) is 2.52. The van der Waals surface area contributed by atoms with Crippen molar-refractivity contribution in [1.29, 1.82) is 0 Å². The van der Waals surface area contributed by atoms with Crippen LogP contribution in [-0.2, 0) is 13.1 Å². The first-order valence-corrected chi connectivity index (χ1v) is 8.09. The third-order valence-corrected chi connectivity index (χ3v) is 4.01. The predicted octanol–water partition coefficient (Wildman–Crippen LogP) is 4.58. The third-order valence-electron chi connectivity index (χ3n) is 3.71. The average Bonchev–Trinajstić information content (AvgIpc) is 2.63. The molecule has 0 aliphatic carbocycles. The van der Waals surface area contributed by atoms with Crippen molar-refractivity contribution in [1.82, 2.24) is 9.88 Å². The van der Waals surface area contributed by atoms with E-state index in [2.05, 4.69) is 4.98 Å². The quantitative estimate of drug-likeness (QED) is 0.639. The maximum absolute atomic E-state index is 13.0. The number of benzene rings is 2. The Kier molecular flexibility index (Phi) is 5.24. The highest BCUT2D eigenvalue weighted by Gasteiger charge is 2.19. The van der Waals surface area contributed by atoms with E-state index in [0.29, 0.717) is 18.7 Å². The van der Waals surface area contributed by atoms with E-state index in [1.54, 1.807) is 23.2 Å². The molecule has 0 N–H and O–H groups in total. The molecule has 1 heterocycles. The minimum Gasteiger partial charge on any atom is -0.330 e. The van der Waals surface area contributed by atoms with E-state index in [0.717, 1.165) is 11.1 Å². The largest absolute Gasteiger partial charge is 0.330 e. The second kappa shape index (κ2) is 7.75. The van der Waals surface area contributed by atoms with Gasteiger partial charge in [-0.15, -0.1) is 0 Å². The summed E-state index contributed by atoms with van der Waals surface area (Å²) in [5.41, 5.74) is 2.56. The Morgan fingerprint density at radius 1 is 0.833 bits per heavy atom.